The number of hydrogen-bond acceptors (Lipinski definition) is 5. The molecule has 1 aliphatic rings. The summed E-state index contributed by atoms with van der Waals surface area (Å²) in [4.78, 5) is 13.5. The van der Waals surface area contributed by atoms with Crippen LogP contribution < -0.4 is 0 Å². The van der Waals surface area contributed by atoms with Crippen molar-refractivity contribution in [3.8, 4) is 11.5 Å². The van der Waals surface area contributed by atoms with E-state index in [0.29, 0.717) is 23.5 Å². The van der Waals surface area contributed by atoms with Crippen molar-refractivity contribution in [2.45, 2.75) is 13.3 Å². The summed E-state index contributed by atoms with van der Waals surface area (Å²) in [6.45, 7) is 2.97. The minimum Gasteiger partial charge on any atom is -0.418 e. The number of aromatic nitrogens is 3. The molecule has 6 nitrogen and oxygen atoms in total. The minimum absolute atomic E-state index is 0.155. The van der Waals surface area contributed by atoms with Gasteiger partial charge in [-0.2, -0.15) is 9.56 Å². The quantitative estimate of drug-likeness (QED) is 0.499. The lowest BCUT2D eigenvalue weighted by molar-refractivity contribution is -0.434. The zero-order valence-electron chi connectivity index (χ0n) is 16.6. The third-order valence-corrected chi connectivity index (χ3v) is 5.18. The van der Waals surface area contributed by atoms with Crippen LogP contribution in [0.3, 0.4) is 0 Å². The maximum atomic E-state index is 9.26. The van der Waals surface area contributed by atoms with Crippen molar-refractivity contribution in [1.82, 2.24) is 15.0 Å². The predicted molar refractivity (Wildman–Crippen MR) is 116 cm³/mol. The number of hydrogen-bond donors (Lipinski definition) is 1. The van der Waals surface area contributed by atoms with E-state index in [4.69, 9.17) is 9.40 Å². The fourth-order valence-electron chi connectivity index (χ4n) is 3.65. The van der Waals surface area contributed by atoms with Crippen LogP contribution in [0.2, 0.25) is 0 Å². The van der Waals surface area contributed by atoms with Crippen LogP contribution in [0.1, 0.15) is 23.2 Å². The lowest BCUT2D eigenvalue weighted by Crippen LogP contribution is -2.25. The molecule has 30 heavy (non-hydrogen) atoms. The average Bonchev–Trinajstić information content (AvgIpc) is 3.20. The minimum atomic E-state index is 0.155. The maximum Gasteiger partial charge on any atom is 0.251 e. The number of benzene rings is 2. The van der Waals surface area contributed by atoms with E-state index in [0.717, 1.165) is 34.6 Å². The molecule has 6 heteroatoms. The second-order valence-electron chi connectivity index (χ2n) is 7.29. The lowest BCUT2D eigenvalue weighted by Gasteiger charge is -2.17. The maximum absolute atomic E-state index is 9.26. The van der Waals surface area contributed by atoms with E-state index < -0.39 is 0 Å². The molecule has 0 saturated heterocycles. The molecule has 148 valence electrons. The fraction of sp³-hybridized carbons (Fsp3) is 0.167. The van der Waals surface area contributed by atoms with Gasteiger partial charge >= 0.3 is 0 Å². The molecule has 0 aliphatic carbocycles. The van der Waals surface area contributed by atoms with E-state index in [1.807, 2.05) is 30.3 Å². The van der Waals surface area contributed by atoms with E-state index in [1.54, 1.807) is 0 Å². The number of aliphatic hydroxyl groups is 1. The van der Waals surface area contributed by atoms with E-state index in [1.165, 1.54) is 11.9 Å². The number of oxazole rings is 1. The Labute approximate surface area is 173 Å². The lowest BCUT2D eigenvalue weighted by atomic mass is 9.97. The molecule has 4 aromatic rings. The highest BCUT2D eigenvalue weighted by atomic mass is 16.4. The van der Waals surface area contributed by atoms with Gasteiger partial charge in [-0.15, -0.1) is 0 Å². The normalized spacial score (nSPS) is 13.5. The van der Waals surface area contributed by atoms with Gasteiger partial charge in [-0.3, -0.25) is 0 Å². The van der Waals surface area contributed by atoms with Crippen LogP contribution in [0.5, 0.6) is 0 Å². The van der Waals surface area contributed by atoms with E-state index >= 15 is 0 Å². The molecule has 0 saturated carbocycles. The molecule has 0 atom stereocenters. The fourth-order valence-corrected chi connectivity index (χ4v) is 3.65. The van der Waals surface area contributed by atoms with Crippen molar-refractivity contribution in [3.05, 3.63) is 77.7 Å². The van der Waals surface area contributed by atoms with Gasteiger partial charge in [-0.1, -0.05) is 35.9 Å². The second kappa shape index (κ2) is 7.65. The van der Waals surface area contributed by atoms with Crippen LogP contribution in [-0.4, -0.2) is 44.0 Å². The topological polar surface area (TPSA) is 75.0 Å². The molecule has 1 N–H and O–H groups in total. The average molecular weight is 397 g/mol. The Morgan fingerprint density at radius 3 is 2.53 bits per heavy atom. The summed E-state index contributed by atoms with van der Waals surface area (Å²) in [5, 5.41) is 9.26. The molecule has 0 bridgehead atoms. The first-order valence-corrected chi connectivity index (χ1v) is 9.95. The largest absolute Gasteiger partial charge is 0.418 e. The van der Waals surface area contributed by atoms with Gasteiger partial charge in [0.25, 0.3) is 5.71 Å². The van der Waals surface area contributed by atoms with Crippen LogP contribution in [0.4, 0.5) is 0 Å². The van der Waals surface area contributed by atoms with Crippen LogP contribution in [-0.2, 0) is 0 Å². The molecule has 0 unspecified atom stereocenters. The third kappa shape index (κ3) is 3.21. The van der Waals surface area contributed by atoms with Gasteiger partial charge in [0.05, 0.1) is 0 Å². The molecule has 0 radical (unpaired) electrons. The van der Waals surface area contributed by atoms with Crippen LogP contribution in [0, 0.1) is 6.92 Å². The van der Waals surface area contributed by atoms with E-state index in [-0.39, 0.29) is 6.61 Å². The molecule has 0 fully saturated rings. The molecule has 1 aliphatic heterocycles. The van der Waals surface area contributed by atoms with Crippen molar-refractivity contribution in [1.29, 1.82) is 0 Å². The summed E-state index contributed by atoms with van der Waals surface area (Å²) >= 11 is 0. The Kier molecular flexibility index (Phi) is 4.69. The molecule has 0 spiro atoms. The van der Waals surface area contributed by atoms with Gasteiger partial charge in [0, 0.05) is 24.2 Å². The molecule has 0 amide bonds. The molecule has 2 aromatic heterocycles. The third-order valence-electron chi connectivity index (χ3n) is 5.18. The molecule has 3 heterocycles. The molecule has 2 aromatic carbocycles. The van der Waals surface area contributed by atoms with Crippen LogP contribution in [0.25, 0.3) is 34.0 Å². The highest BCUT2D eigenvalue weighted by molar-refractivity contribution is 6.23. The van der Waals surface area contributed by atoms with Crippen LogP contribution >= 0.6 is 0 Å². The zero-order valence-corrected chi connectivity index (χ0v) is 16.6. The highest BCUT2D eigenvalue weighted by Crippen LogP contribution is 2.35. The van der Waals surface area contributed by atoms with Crippen LogP contribution in [0.15, 0.2) is 65.3 Å². The van der Waals surface area contributed by atoms with Crippen molar-refractivity contribution in [3.63, 3.8) is 0 Å². The van der Waals surface area contributed by atoms with E-state index in [2.05, 4.69) is 51.9 Å². The summed E-state index contributed by atoms with van der Waals surface area (Å²) in [6, 6.07) is 18.2. The molecular weight excluding hydrogens is 376 g/mol. The van der Waals surface area contributed by atoms with Crippen molar-refractivity contribution >= 4 is 28.7 Å². The van der Waals surface area contributed by atoms with Gasteiger partial charge < -0.3 is 9.52 Å². The number of rotatable bonds is 6. The number of fused-ring (bicyclic) bond motifs is 1. The number of aryl methyl sites for hydroxylation is 1. The summed E-state index contributed by atoms with van der Waals surface area (Å²) in [5.41, 5.74) is 7.16. The Morgan fingerprint density at radius 2 is 1.77 bits per heavy atom. The van der Waals surface area contributed by atoms with Gasteiger partial charge in [0.15, 0.2) is 18.3 Å². The van der Waals surface area contributed by atoms with Gasteiger partial charge in [-0.25, -0.2) is 9.97 Å². The molecule has 5 rings (SSSR count). The van der Waals surface area contributed by atoms with Crippen molar-refractivity contribution < 1.29 is 14.1 Å². The Hall–Kier alpha value is -3.64. The standard InChI is InChI=1S/C24H21N4O2/c1-16-8-10-17(11-9-16)22-19(14-28(22)12-5-13-29)20-21-24(26-15-25-20)30-23(27-21)18-6-3-2-4-7-18/h2-4,6-11,14-15,29H,5,12-13H2,1H3/q+1. The number of aliphatic hydroxyl groups excluding tert-OH is 1. The monoisotopic (exact) mass is 397 g/mol. The van der Waals surface area contributed by atoms with E-state index in [9.17, 15) is 5.11 Å². The number of nitrogens with zero attached hydrogens (tertiary/aromatic N) is 4. The first-order chi connectivity index (χ1) is 14.7. The Balaban J connectivity index is 1.63. The first kappa shape index (κ1) is 18.4. The molecular formula is C24H21N4O2+. The van der Waals surface area contributed by atoms with Gasteiger partial charge in [0.2, 0.25) is 11.6 Å². The smallest absolute Gasteiger partial charge is 0.251 e. The summed E-state index contributed by atoms with van der Waals surface area (Å²) < 4.78 is 8.07. The second-order valence-corrected chi connectivity index (χ2v) is 7.29. The zero-order chi connectivity index (χ0) is 20.5. The summed E-state index contributed by atoms with van der Waals surface area (Å²) in [7, 11) is 0. The number of allylic oxidation sites excluding steroid dienone is 1. The Bertz CT molecular complexity index is 1270. The highest BCUT2D eigenvalue weighted by Gasteiger charge is 2.34. The summed E-state index contributed by atoms with van der Waals surface area (Å²) in [6.07, 6.45) is 4.27. The first-order valence-electron chi connectivity index (χ1n) is 9.95. The predicted octanol–water partition coefficient (Wildman–Crippen LogP) is 3.94. The van der Waals surface area contributed by atoms with Crippen molar-refractivity contribution in [2.24, 2.45) is 0 Å². The Morgan fingerprint density at radius 1 is 0.967 bits per heavy atom. The van der Waals surface area contributed by atoms with Gasteiger partial charge in [-0.05, 0) is 31.2 Å². The SMILES string of the molecule is Cc1ccc(C2=C(c3ncnc4oc(-c5ccccc5)nc34)C=[N+]2CCCO)cc1. The van der Waals surface area contributed by atoms with Crippen molar-refractivity contribution in [2.75, 3.05) is 13.2 Å². The van der Waals surface area contributed by atoms with Gasteiger partial charge in [0.1, 0.15) is 17.6 Å². The summed E-state index contributed by atoms with van der Waals surface area (Å²) in [5.74, 6) is 0.529.